The number of tetrazole rings is 1. The van der Waals surface area contributed by atoms with Crippen LogP contribution < -0.4 is 0 Å². The number of benzene rings is 1. The fraction of sp³-hybridized carbons (Fsp3) is 0.231. The van der Waals surface area contributed by atoms with Gasteiger partial charge in [0.2, 0.25) is 5.91 Å². The van der Waals surface area contributed by atoms with Crippen LogP contribution in [0.25, 0.3) is 5.69 Å². The van der Waals surface area contributed by atoms with Gasteiger partial charge in [0.15, 0.2) is 5.82 Å². The third-order valence-electron chi connectivity index (χ3n) is 4.19. The van der Waals surface area contributed by atoms with Gasteiger partial charge in [-0.25, -0.2) is 9.36 Å². The normalized spacial score (nSPS) is 18.7. The molecule has 1 unspecified atom stereocenters. The van der Waals surface area contributed by atoms with Gasteiger partial charge in [0.1, 0.15) is 12.6 Å². The Bertz CT molecular complexity index is 947. The van der Waals surface area contributed by atoms with Crippen LogP contribution in [0.15, 0.2) is 24.4 Å². The van der Waals surface area contributed by atoms with Crippen molar-refractivity contribution in [2.24, 2.45) is 0 Å². The molecular weight excluding hydrogens is 320 g/mol. The van der Waals surface area contributed by atoms with Gasteiger partial charge < -0.3 is 4.90 Å². The maximum absolute atomic E-state index is 12.6. The molecule has 0 bridgehead atoms. The highest BCUT2D eigenvalue weighted by molar-refractivity contribution is 6.30. The molecule has 1 atom stereocenters. The van der Waals surface area contributed by atoms with Gasteiger partial charge in [0.05, 0.1) is 24.1 Å². The van der Waals surface area contributed by atoms with Crippen molar-refractivity contribution in [1.29, 1.82) is 0 Å². The quantitative estimate of drug-likeness (QED) is 0.591. The minimum atomic E-state index is -0.401. The Morgan fingerprint density at radius 1 is 1.22 bits per heavy atom. The average Bonchev–Trinajstić information content (AvgIpc) is 3.15. The molecule has 0 radical (unpaired) electrons. The molecule has 5 rings (SSSR count). The number of carbonyl (C=O) groups is 1. The van der Waals surface area contributed by atoms with Crippen molar-refractivity contribution >= 4 is 17.5 Å². The van der Waals surface area contributed by atoms with Gasteiger partial charge in [-0.05, 0) is 28.6 Å². The van der Waals surface area contributed by atoms with Crippen LogP contribution in [-0.2, 0) is 17.9 Å². The Morgan fingerprint density at radius 2 is 2.13 bits per heavy atom. The number of aromatic nitrogens is 7. The Labute approximate surface area is 134 Å². The average molecular weight is 329 g/mol. The highest BCUT2D eigenvalue weighted by Crippen LogP contribution is 2.38. The molecule has 2 aromatic heterocycles. The summed E-state index contributed by atoms with van der Waals surface area (Å²) in [5.74, 6) is 0.558. The van der Waals surface area contributed by atoms with Gasteiger partial charge in [-0.1, -0.05) is 16.8 Å². The summed E-state index contributed by atoms with van der Waals surface area (Å²) in [6, 6.07) is 5.08. The second-order valence-corrected chi connectivity index (χ2v) is 5.90. The van der Waals surface area contributed by atoms with Crippen LogP contribution in [0.2, 0.25) is 5.02 Å². The standard InChI is InChI=1S/C13H9ClN8O/c14-7-1-2-10-9(3-7)12-13-16-17-19-21(13)6-11(23)20(12)5-8-4-15-18-22(8)10/h1-4,12H,5-6H2. The number of hydrogen-bond acceptors (Lipinski definition) is 6. The van der Waals surface area contributed by atoms with Crippen LogP contribution in [-0.4, -0.2) is 46.0 Å². The SMILES string of the molecule is O=C1Cn2nnnc2C2c3cc(Cl)ccc3-n3nncc3CN12. The molecular formula is C13H9ClN8O. The van der Waals surface area contributed by atoms with Crippen LogP contribution in [0.4, 0.5) is 0 Å². The van der Waals surface area contributed by atoms with E-state index < -0.39 is 6.04 Å². The lowest BCUT2D eigenvalue weighted by atomic mass is 10.0. The minimum Gasteiger partial charge on any atom is -0.321 e. The zero-order valence-electron chi connectivity index (χ0n) is 11.7. The van der Waals surface area contributed by atoms with Gasteiger partial charge in [0.25, 0.3) is 0 Å². The van der Waals surface area contributed by atoms with E-state index in [2.05, 4.69) is 25.8 Å². The van der Waals surface area contributed by atoms with Gasteiger partial charge in [-0.2, -0.15) is 0 Å². The summed E-state index contributed by atoms with van der Waals surface area (Å²) in [4.78, 5) is 14.3. The van der Waals surface area contributed by atoms with Crippen molar-refractivity contribution in [1.82, 2.24) is 40.1 Å². The Balaban J connectivity index is 1.84. The Hall–Kier alpha value is -2.81. The molecule has 10 heteroatoms. The summed E-state index contributed by atoms with van der Waals surface area (Å²) in [5, 5.41) is 20.4. The molecule has 0 saturated heterocycles. The number of carbonyl (C=O) groups excluding carboxylic acids is 1. The molecule has 114 valence electrons. The summed E-state index contributed by atoms with van der Waals surface area (Å²) >= 11 is 6.19. The summed E-state index contributed by atoms with van der Waals surface area (Å²) in [6.45, 7) is 0.506. The summed E-state index contributed by atoms with van der Waals surface area (Å²) in [7, 11) is 0. The van der Waals surface area contributed by atoms with Gasteiger partial charge in [0, 0.05) is 10.6 Å². The monoisotopic (exact) mass is 328 g/mol. The molecule has 3 aromatic rings. The van der Waals surface area contributed by atoms with Gasteiger partial charge in [-0.3, -0.25) is 4.79 Å². The minimum absolute atomic E-state index is 0.0598. The predicted octanol–water partition coefficient (Wildman–Crippen LogP) is 0.352. The highest BCUT2D eigenvalue weighted by Gasteiger charge is 2.40. The van der Waals surface area contributed by atoms with Crippen molar-refractivity contribution in [3.05, 3.63) is 46.5 Å². The van der Waals surface area contributed by atoms with Gasteiger partial charge >= 0.3 is 0 Å². The first-order valence-corrected chi connectivity index (χ1v) is 7.35. The van der Waals surface area contributed by atoms with Gasteiger partial charge in [-0.15, -0.1) is 10.2 Å². The number of hydrogen-bond donors (Lipinski definition) is 0. The van der Waals surface area contributed by atoms with Crippen LogP contribution >= 0.6 is 11.6 Å². The lowest BCUT2D eigenvalue weighted by Crippen LogP contribution is -2.42. The first-order valence-electron chi connectivity index (χ1n) is 6.97. The van der Waals surface area contributed by atoms with E-state index in [9.17, 15) is 4.79 Å². The van der Waals surface area contributed by atoms with E-state index in [0.717, 1.165) is 16.9 Å². The van der Waals surface area contributed by atoms with E-state index in [4.69, 9.17) is 11.6 Å². The van der Waals surface area contributed by atoms with Crippen molar-refractivity contribution in [2.75, 3.05) is 0 Å². The molecule has 1 amide bonds. The number of rotatable bonds is 0. The molecule has 0 fully saturated rings. The fourth-order valence-corrected chi connectivity index (χ4v) is 3.37. The van der Waals surface area contributed by atoms with Crippen molar-refractivity contribution in [3.63, 3.8) is 0 Å². The topological polar surface area (TPSA) is 94.6 Å². The van der Waals surface area contributed by atoms with E-state index in [-0.39, 0.29) is 12.5 Å². The van der Waals surface area contributed by atoms with Crippen molar-refractivity contribution in [2.45, 2.75) is 19.1 Å². The van der Waals surface area contributed by atoms with Crippen LogP contribution in [0.5, 0.6) is 0 Å². The van der Waals surface area contributed by atoms with E-state index >= 15 is 0 Å². The molecule has 1 aromatic carbocycles. The number of nitrogens with zero attached hydrogens (tertiary/aromatic N) is 8. The smallest absolute Gasteiger partial charge is 0.245 e. The third-order valence-corrected chi connectivity index (χ3v) is 4.42. The van der Waals surface area contributed by atoms with E-state index in [1.807, 2.05) is 12.1 Å². The number of halogens is 1. The summed E-state index contributed by atoms with van der Waals surface area (Å²) in [6.07, 6.45) is 1.66. The Kier molecular flexibility index (Phi) is 2.41. The molecule has 0 saturated carbocycles. The number of fused-ring (bicyclic) bond motifs is 7. The first-order chi connectivity index (χ1) is 11.2. The molecule has 0 N–H and O–H groups in total. The van der Waals surface area contributed by atoms with E-state index in [1.54, 1.807) is 21.8 Å². The molecule has 4 heterocycles. The second kappa shape index (κ2) is 4.35. The molecule has 9 nitrogen and oxygen atoms in total. The van der Waals surface area contributed by atoms with Crippen LogP contribution in [0, 0.1) is 0 Å². The summed E-state index contributed by atoms with van der Waals surface area (Å²) < 4.78 is 3.26. The zero-order valence-corrected chi connectivity index (χ0v) is 12.4. The third kappa shape index (κ3) is 1.67. The highest BCUT2D eigenvalue weighted by atomic mass is 35.5. The van der Waals surface area contributed by atoms with Crippen LogP contribution in [0.1, 0.15) is 23.1 Å². The molecule has 23 heavy (non-hydrogen) atoms. The predicted molar refractivity (Wildman–Crippen MR) is 76.6 cm³/mol. The van der Waals surface area contributed by atoms with Crippen molar-refractivity contribution in [3.8, 4) is 5.69 Å². The second-order valence-electron chi connectivity index (χ2n) is 5.46. The largest absolute Gasteiger partial charge is 0.321 e. The summed E-state index contributed by atoms with van der Waals surface area (Å²) in [5.41, 5.74) is 2.47. The zero-order chi connectivity index (χ0) is 15.6. The lowest BCUT2D eigenvalue weighted by molar-refractivity contribution is -0.136. The first kappa shape index (κ1) is 12.7. The van der Waals surface area contributed by atoms with E-state index in [0.29, 0.717) is 17.4 Å². The Morgan fingerprint density at radius 3 is 3.04 bits per heavy atom. The molecule has 0 aliphatic carbocycles. The van der Waals surface area contributed by atoms with Crippen molar-refractivity contribution < 1.29 is 4.79 Å². The van der Waals surface area contributed by atoms with Crippen LogP contribution in [0.3, 0.4) is 0 Å². The molecule has 2 aliphatic heterocycles. The fourth-order valence-electron chi connectivity index (χ4n) is 3.19. The maximum atomic E-state index is 12.6. The van der Waals surface area contributed by atoms with E-state index in [1.165, 1.54) is 4.68 Å². The number of amides is 1. The molecule has 0 spiro atoms. The maximum Gasteiger partial charge on any atom is 0.245 e. The lowest BCUT2D eigenvalue weighted by Gasteiger charge is -2.33. The molecule has 2 aliphatic rings.